The summed E-state index contributed by atoms with van der Waals surface area (Å²) in [5.74, 6) is 3.30. The number of ether oxygens (including phenoxy) is 1. The molecule has 0 fully saturated rings. The lowest BCUT2D eigenvalue weighted by Crippen LogP contribution is -2.23. The van der Waals surface area contributed by atoms with Crippen molar-refractivity contribution in [3.8, 4) is 0 Å². The van der Waals surface area contributed by atoms with Crippen molar-refractivity contribution in [3.05, 3.63) is 11.6 Å². The molecule has 0 spiro atoms. The van der Waals surface area contributed by atoms with Crippen molar-refractivity contribution in [2.24, 2.45) is 5.92 Å². The van der Waals surface area contributed by atoms with Gasteiger partial charge in [-0.3, -0.25) is 0 Å². The summed E-state index contributed by atoms with van der Waals surface area (Å²) in [6, 6.07) is 0. The van der Waals surface area contributed by atoms with Crippen LogP contribution in [-0.2, 0) is 4.74 Å². The normalized spacial score (nSPS) is 16.9. The van der Waals surface area contributed by atoms with Crippen LogP contribution in [0, 0.1) is 5.92 Å². The van der Waals surface area contributed by atoms with Crippen LogP contribution < -0.4 is 5.32 Å². The van der Waals surface area contributed by atoms with Crippen LogP contribution in [0.5, 0.6) is 0 Å². The lowest BCUT2D eigenvalue weighted by molar-refractivity contribution is 0.149. The molecule has 1 aliphatic heterocycles. The third-order valence-electron chi connectivity index (χ3n) is 2.21. The molecule has 0 aromatic heterocycles. The largest absolute Gasteiger partial charge is 0.377 e. The number of rotatable bonds is 7. The highest BCUT2D eigenvalue weighted by Gasteiger charge is 2.02. The second kappa shape index (κ2) is 8.20. The minimum absolute atomic E-state index is 0.810. The molecule has 1 N–H and O–H groups in total. The zero-order valence-corrected chi connectivity index (χ0v) is 10.7. The van der Waals surface area contributed by atoms with Crippen LogP contribution in [-0.4, -0.2) is 37.8 Å². The highest BCUT2D eigenvalue weighted by molar-refractivity contribution is 7.99. The summed E-state index contributed by atoms with van der Waals surface area (Å²) < 4.78 is 5.38. The maximum Gasteiger partial charge on any atom is 0.0689 e. The van der Waals surface area contributed by atoms with E-state index in [1.165, 1.54) is 17.1 Å². The SMILES string of the molecule is CC(C)CSCCNCC1=CCCOC1. The second-order valence-electron chi connectivity index (χ2n) is 4.35. The van der Waals surface area contributed by atoms with E-state index in [4.69, 9.17) is 4.74 Å². The van der Waals surface area contributed by atoms with E-state index in [0.29, 0.717) is 0 Å². The standard InChI is InChI=1S/C12H23NOS/c1-11(2)10-15-7-5-13-8-12-4-3-6-14-9-12/h4,11,13H,3,5-10H2,1-2H3. The quantitative estimate of drug-likeness (QED) is 0.535. The molecular formula is C12H23NOS. The predicted molar refractivity (Wildman–Crippen MR) is 68.6 cm³/mol. The Hall–Kier alpha value is 0.01000. The number of thioether (sulfide) groups is 1. The molecule has 1 heterocycles. The molecule has 0 saturated heterocycles. The third-order valence-corrected chi connectivity index (χ3v) is 3.60. The molecule has 15 heavy (non-hydrogen) atoms. The molecule has 0 aromatic rings. The molecule has 0 aromatic carbocycles. The predicted octanol–water partition coefficient (Wildman–Crippen LogP) is 2.31. The molecule has 1 rings (SSSR count). The van der Waals surface area contributed by atoms with Crippen LogP contribution in [0.3, 0.4) is 0 Å². The molecule has 2 nitrogen and oxygen atoms in total. The summed E-state index contributed by atoms with van der Waals surface area (Å²) in [6.07, 6.45) is 3.39. The molecule has 0 saturated carbocycles. The number of nitrogens with one attached hydrogen (secondary N) is 1. The van der Waals surface area contributed by atoms with Gasteiger partial charge in [-0.25, -0.2) is 0 Å². The van der Waals surface area contributed by atoms with E-state index in [-0.39, 0.29) is 0 Å². The van der Waals surface area contributed by atoms with E-state index in [2.05, 4.69) is 25.2 Å². The van der Waals surface area contributed by atoms with Crippen molar-refractivity contribution in [2.45, 2.75) is 20.3 Å². The van der Waals surface area contributed by atoms with Crippen molar-refractivity contribution in [1.29, 1.82) is 0 Å². The average Bonchev–Trinajstić information content (AvgIpc) is 2.24. The van der Waals surface area contributed by atoms with Gasteiger partial charge in [-0.05, 0) is 23.7 Å². The minimum Gasteiger partial charge on any atom is -0.377 e. The Balaban J connectivity index is 1.90. The highest BCUT2D eigenvalue weighted by atomic mass is 32.2. The smallest absolute Gasteiger partial charge is 0.0689 e. The summed E-state index contributed by atoms with van der Waals surface area (Å²) >= 11 is 2.03. The fourth-order valence-electron chi connectivity index (χ4n) is 1.44. The minimum atomic E-state index is 0.810. The van der Waals surface area contributed by atoms with Gasteiger partial charge in [0.25, 0.3) is 0 Å². The van der Waals surface area contributed by atoms with Crippen LogP contribution in [0.15, 0.2) is 11.6 Å². The van der Waals surface area contributed by atoms with Crippen LogP contribution in [0.4, 0.5) is 0 Å². The summed E-state index contributed by atoms with van der Waals surface area (Å²) in [6.45, 7) is 8.37. The van der Waals surface area contributed by atoms with E-state index in [0.717, 1.165) is 38.6 Å². The maximum atomic E-state index is 5.38. The molecule has 3 heteroatoms. The van der Waals surface area contributed by atoms with Gasteiger partial charge in [-0.1, -0.05) is 19.9 Å². The second-order valence-corrected chi connectivity index (χ2v) is 5.50. The molecule has 0 bridgehead atoms. The Kier molecular flexibility index (Phi) is 7.14. The molecule has 0 radical (unpaired) electrons. The first-order valence-corrected chi connectivity index (χ1v) is 6.98. The topological polar surface area (TPSA) is 21.3 Å². The van der Waals surface area contributed by atoms with Gasteiger partial charge in [-0.15, -0.1) is 0 Å². The average molecular weight is 229 g/mol. The van der Waals surface area contributed by atoms with E-state index in [1.54, 1.807) is 0 Å². The lowest BCUT2D eigenvalue weighted by Gasteiger charge is -2.14. The van der Waals surface area contributed by atoms with E-state index >= 15 is 0 Å². The van der Waals surface area contributed by atoms with E-state index in [1.807, 2.05) is 11.8 Å². The molecular weight excluding hydrogens is 206 g/mol. The Morgan fingerprint density at radius 3 is 3.07 bits per heavy atom. The van der Waals surface area contributed by atoms with Crippen molar-refractivity contribution in [3.63, 3.8) is 0 Å². The first-order chi connectivity index (χ1) is 7.29. The van der Waals surface area contributed by atoms with Gasteiger partial charge in [-0.2, -0.15) is 11.8 Å². The highest BCUT2D eigenvalue weighted by Crippen LogP contribution is 2.06. The van der Waals surface area contributed by atoms with Crippen LogP contribution in [0.1, 0.15) is 20.3 Å². The van der Waals surface area contributed by atoms with Crippen LogP contribution in [0.2, 0.25) is 0 Å². The Morgan fingerprint density at radius 2 is 2.40 bits per heavy atom. The van der Waals surface area contributed by atoms with Gasteiger partial charge in [0.2, 0.25) is 0 Å². The first-order valence-electron chi connectivity index (χ1n) is 5.83. The molecule has 88 valence electrons. The van der Waals surface area contributed by atoms with Gasteiger partial charge in [0.1, 0.15) is 0 Å². The van der Waals surface area contributed by atoms with Crippen molar-refractivity contribution < 1.29 is 4.74 Å². The van der Waals surface area contributed by atoms with Gasteiger partial charge < -0.3 is 10.1 Å². The number of hydrogen-bond acceptors (Lipinski definition) is 3. The fourth-order valence-corrected chi connectivity index (χ4v) is 2.37. The van der Waals surface area contributed by atoms with Crippen molar-refractivity contribution >= 4 is 11.8 Å². The summed E-state index contributed by atoms with van der Waals surface area (Å²) in [5.41, 5.74) is 1.41. The van der Waals surface area contributed by atoms with E-state index < -0.39 is 0 Å². The van der Waals surface area contributed by atoms with Crippen LogP contribution in [0.25, 0.3) is 0 Å². The van der Waals surface area contributed by atoms with Gasteiger partial charge in [0.15, 0.2) is 0 Å². The summed E-state index contributed by atoms with van der Waals surface area (Å²) in [7, 11) is 0. The third kappa shape index (κ3) is 6.98. The van der Waals surface area contributed by atoms with E-state index in [9.17, 15) is 0 Å². The zero-order valence-electron chi connectivity index (χ0n) is 9.92. The van der Waals surface area contributed by atoms with Crippen molar-refractivity contribution in [1.82, 2.24) is 5.32 Å². The summed E-state index contributed by atoms with van der Waals surface area (Å²) in [5, 5.41) is 3.46. The lowest BCUT2D eigenvalue weighted by atomic mass is 10.2. The van der Waals surface area contributed by atoms with Gasteiger partial charge in [0, 0.05) is 18.8 Å². The number of hydrogen-bond donors (Lipinski definition) is 1. The molecule has 0 unspecified atom stereocenters. The van der Waals surface area contributed by atoms with Crippen LogP contribution >= 0.6 is 11.8 Å². The molecule has 0 aliphatic carbocycles. The Morgan fingerprint density at radius 1 is 1.53 bits per heavy atom. The monoisotopic (exact) mass is 229 g/mol. The van der Waals surface area contributed by atoms with Crippen molar-refractivity contribution in [2.75, 3.05) is 37.8 Å². The molecule has 1 aliphatic rings. The fraction of sp³-hybridized carbons (Fsp3) is 0.833. The summed E-state index contributed by atoms with van der Waals surface area (Å²) in [4.78, 5) is 0. The zero-order chi connectivity index (χ0) is 10.9. The first kappa shape index (κ1) is 13.1. The Labute approximate surface area is 97.8 Å². The molecule has 0 amide bonds. The van der Waals surface area contributed by atoms with Gasteiger partial charge >= 0.3 is 0 Å². The van der Waals surface area contributed by atoms with Gasteiger partial charge in [0.05, 0.1) is 13.2 Å². The Bertz CT molecular complexity index is 192. The molecule has 0 atom stereocenters. The maximum absolute atomic E-state index is 5.38.